The summed E-state index contributed by atoms with van der Waals surface area (Å²) in [5.41, 5.74) is 1.47. The molecule has 0 radical (unpaired) electrons. The van der Waals surface area contributed by atoms with Crippen molar-refractivity contribution < 1.29 is 17.9 Å². The van der Waals surface area contributed by atoms with Crippen molar-refractivity contribution in [1.29, 1.82) is 0 Å². The highest BCUT2D eigenvalue weighted by molar-refractivity contribution is 7.89. The van der Waals surface area contributed by atoms with Crippen molar-refractivity contribution in [2.45, 2.75) is 36.2 Å². The first-order chi connectivity index (χ1) is 14.0. The number of carbonyl (C=O) groups is 1. The van der Waals surface area contributed by atoms with E-state index < -0.39 is 16.0 Å². The third-order valence-electron chi connectivity index (χ3n) is 5.72. The molecule has 1 atom stereocenters. The monoisotopic (exact) mass is 414 g/mol. The molecule has 7 heteroatoms. The van der Waals surface area contributed by atoms with Crippen LogP contribution in [-0.4, -0.2) is 62.4 Å². The molecule has 29 heavy (non-hydrogen) atoms. The zero-order valence-electron chi connectivity index (χ0n) is 16.5. The molecule has 1 heterocycles. The van der Waals surface area contributed by atoms with Crippen molar-refractivity contribution in [2.24, 2.45) is 0 Å². The molecule has 4 rings (SSSR count). The fourth-order valence-electron chi connectivity index (χ4n) is 4.02. The van der Waals surface area contributed by atoms with Gasteiger partial charge in [-0.25, -0.2) is 13.2 Å². The first-order valence-electron chi connectivity index (χ1n) is 9.97. The molecule has 6 nitrogen and oxygen atoms in total. The summed E-state index contributed by atoms with van der Waals surface area (Å²) in [5.74, 6) is -0.478. The number of ether oxygens (including phenoxy) is 1. The largest absolute Gasteiger partial charge is 0.465 e. The lowest BCUT2D eigenvalue weighted by atomic mass is 10.0. The third kappa shape index (κ3) is 4.37. The highest BCUT2D eigenvalue weighted by Crippen LogP contribution is 2.31. The lowest BCUT2D eigenvalue weighted by molar-refractivity contribution is 0.0600. The van der Waals surface area contributed by atoms with Gasteiger partial charge in [0, 0.05) is 31.7 Å². The van der Waals surface area contributed by atoms with Gasteiger partial charge in [-0.1, -0.05) is 30.3 Å². The Morgan fingerprint density at radius 2 is 1.72 bits per heavy atom. The first-order valence-corrected chi connectivity index (χ1v) is 11.4. The Balaban J connectivity index is 1.59. The Hall–Kier alpha value is -2.22. The molecular weight excluding hydrogens is 388 g/mol. The van der Waals surface area contributed by atoms with Crippen LogP contribution in [0.1, 0.15) is 28.8 Å². The highest BCUT2D eigenvalue weighted by Gasteiger charge is 2.40. The first kappa shape index (κ1) is 20.1. The summed E-state index contributed by atoms with van der Waals surface area (Å²) >= 11 is 0. The SMILES string of the molecule is COC(=O)c1ccc(S(=O)(=O)N2CCN(C3CC3)CC2Cc2ccccc2)cc1. The van der Waals surface area contributed by atoms with Gasteiger partial charge in [-0.3, -0.25) is 4.90 Å². The van der Waals surface area contributed by atoms with Crippen molar-refractivity contribution in [3.63, 3.8) is 0 Å². The summed E-state index contributed by atoms with van der Waals surface area (Å²) in [6.45, 7) is 1.99. The minimum atomic E-state index is -3.65. The maximum atomic E-state index is 13.4. The van der Waals surface area contributed by atoms with Crippen molar-refractivity contribution in [3.8, 4) is 0 Å². The van der Waals surface area contributed by atoms with Crippen molar-refractivity contribution in [3.05, 3.63) is 65.7 Å². The van der Waals surface area contributed by atoms with Crippen LogP contribution in [0.15, 0.2) is 59.5 Å². The standard InChI is InChI=1S/C22H26N2O4S/c1-28-22(25)18-7-11-21(12-8-18)29(26,27)24-14-13-23(19-9-10-19)16-20(24)15-17-5-3-2-4-6-17/h2-8,11-12,19-20H,9-10,13-16H2,1H3. The number of hydrogen-bond donors (Lipinski definition) is 0. The predicted octanol–water partition coefficient (Wildman–Crippen LogP) is 2.55. The summed E-state index contributed by atoms with van der Waals surface area (Å²) < 4.78 is 33.2. The number of piperazine rings is 1. The van der Waals surface area contributed by atoms with E-state index >= 15 is 0 Å². The number of rotatable bonds is 6. The fraction of sp³-hybridized carbons (Fsp3) is 0.409. The second kappa shape index (κ2) is 8.26. The van der Waals surface area contributed by atoms with E-state index in [1.807, 2.05) is 30.3 Å². The lowest BCUT2D eigenvalue weighted by Crippen LogP contribution is -2.56. The molecule has 2 aromatic carbocycles. The summed E-state index contributed by atoms with van der Waals surface area (Å²) in [4.78, 5) is 14.3. The number of methoxy groups -OCH3 is 1. The average Bonchev–Trinajstić information content (AvgIpc) is 3.59. The van der Waals surface area contributed by atoms with Gasteiger partial charge in [-0.05, 0) is 49.1 Å². The van der Waals surface area contributed by atoms with E-state index in [0.29, 0.717) is 24.6 Å². The minimum Gasteiger partial charge on any atom is -0.465 e. The molecule has 0 aromatic heterocycles. The van der Waals surface area contributed by atoms with Crippen LogP contribution in [0, 0.1) is 0 Å². The molecule has 1 unspecified atom stereocenters. The topological polar surface area (TPSA) is 66.9 Å². The maximum Gasteiger partial charge on any atom is 0.337 e. The molecule has 2 aromatic rings. The molecule has 0 N–H and O–H groups in total. The Labute approximate surface area is 172 Å². The molecule has 2 aliphatic rings. The molecular formula is C22H26N2O4S. The van der Waals surface area contributed by atoms with Gasteiger partial charge < -0.3 is 4.74 Å². The van der Waals surface area contributed by atoms with Crippen molar-refractivity contribution in [1.82, 2.24) is 9.21 Å². The van der Waals surface area contributed by atoms with E-state index in [0.717, 1.165) is 18.7 Å². The van der Waals surface area contributed by atoms with Gasteiger partial charge in [0.15, 0.2) is 0 Å². The molecule has 1 aliphatic heterocycles. The number of nitrogens with zero attached hydrogens (tertiary/aromatic N) is 2. The van der Waals surface area contributed by atoms with Crippen LogP contribution in [0.4, 0.5) is 0 Å². The smallest absolute Gasteiger partial charge is 0.337 e. The van der Waals surface area contributed by atoms with E-state index in [-0.39, 0.29) is 10.9 Å². The van der Waals surface area contributed by atoms with E-state index in [9.17, 15) is 13.2 Å². The second-order valence-electron chi connectivity index (χ2n) is 7.70. The van der Waals surface area contributed by atoms with E-state index in [4.69, 9.17) is 4.74 Å². The number of carbonyl (C=O) groups excluding carboxylic acids is 1. The second-order valence-corrected chi connectivity index (χ2v) is 9.59. The molecule has 2 fully saturated rings. The summed E-state index contributed by atoms with van der Waals surface area (Å²) in [5, 5.41) is 0. The van der Waals surface area contributed by atoms with Gasteiger partial charge in [0.25, 0.3) is 0 Å². The van der Waals surface area contributed by atoms with Crippen molar-refractivity contribution in [2.75, 3.05) is 26.7 Å². The van der Waals surface area contributed by atoms with Crippen LogP contribution in [0.2, 0.25) is 0 Å². The summed E-state index contributed by atoms with van der Waals surface area (Å²) in [7, 11) is -2.35. The molecule has 0 bridgehead atoms. The van der Waals surface area contributed by atoms with Crippen LogP contribution in [0.3, 0.4) is 0 Å². The zero-order valence-corrected chi connectivity index (χ0v) is 17.3. The van der Waals surface area contributed by atoms with Gasteiger partial charge in [0.2, 0.25) is 10.0 Å². The molecule has 1 saturated heterocycles. The predicted molar refractivity (Wildman–Crippen MR) is 110 cm³/mol. The molecule has 0 spiro atoms. The number of hydrogen-bond acceptors (Lipinski definition) is 5. The number of esters is 1. The average molecular weight is 415 g/mol. The Morgan fingerprint density at radius 3 is 2.34 bits per heavy atom. The Morgan fingerprint density at radius 1 is 1.03 bits per heavy atom. The lowest BCUT2D eigenvalue weighted by Gasteiger charge is -2.41. The normalized spacial score (nSPS) is 21.1. The van der Waals surface area contributed by atoms with Gasteiger partial charge >= 0.3 is 5.97 Å². The van der Waals surface area contributed by atoms with Gasteiger partial charge in [-0.2, -0.15) is 4.31 Å². The summed E-state index contributed by atoms with van der Waals surface area (Å²) in [6, 6.07) is 16.5. The number of benzene rings is 2. The van der Waals surface area contributed by atoms with Crippen molar-refractivity contribution >= 4 is 16.0 Å². The van der Waals surface area contributed by atoms with Crippen LogP contribution in [0.25, 0.3) is 0 Å². The van der Waals surface area contributed by atoms with Crippen LogP contribution in [0.5, 0.6) is 0 Å². The van der Waals surface area contributed by atoms with Gasteiger partial charge in [0.1, 0.15) is 0 Å². The summed E-state index contributed by atoms with van der Waals surface area (Å²) in [6.07, 6.45) is 3.10. The van der Waals surface area contributed by atoms with Crippen LogP contribution in [-0.2, 0) is 21.2 Å². The van der Waals surface area contributed by atoms with E-state index in [2.05, 4.69) is 4.90 Å². The third-order valence-corrected chi connectivity index (χ3v) is 7.69. The van der Waals surface area contributed by atoms with E-state index in [1.54, 1.807) is 4.31 Å². The highest BCUT2D eigenvalue weighted by atomic mass is 32.2. The molecule has 154 valence electrons. The Kier molecular flexibility index (Phi) is 5.72. The Bertz CT molecular complexity index is 956. The van der Waals surface area contributed by atoms with Gasteiger partial charge in [-0.15, -0.1) is 0 Å². The van der Waals surface area contributed by atoms with Crippen LogP contribution >= 0.6 is 0 Å². The molecule has 1 aliphatic carbocycles. The van der Waals surface area contributed by atoms with Crippen LogP contribution < -0.4 is 0 Å². The fourth-order valence-corrected chi connectivity index (χ4v) is 5.63. The molecule has 1 saturated carbocycles. The maximum absolute atomic E-state index is 13.4. The van der Waals surface area contributed by atoms with E-state index in [1.165, 1.54) is 44.2 Å². The number of sulfonamides is 1. The van der Waals surface area contributed by atoms with Gasteiger partial charge in [0.05, 0.1) is 17.6 Å². The minimum absolute atomic E-state index is 0.114. The molecule has 0 amide bonds. The zero-order chi connectivity index (χ0) is 20.4. The quantitative estimate of drug-likeness (QED) is 0.680.